The van der Waals surface area contributed by atoms with Crippen molar-refractivity contribution in [3.63, 3.8) is 0 Å². The molecular formula is C22H29N3O5S. The number of hydrogen-bond donors (Lipinski definition) is 1. The van der Waals surface area contributed by atoms with Gasteiger partial charge in [0.05, 0.1) is 18.0 Å². The molecule has 9 heteroatoms. The van der Waals surface area contributed by atoms with E-state index in [1.807, 2.05) is 31.2 Å². The zero-order chi connectivity index (χ0) is 23.2. The monoisotopic (exact) mass is 447 g/mol. The van der Waals surface area contributed by atoms with Crippen LogP contribution in [0.5, 0.6) is 5.75 Å². The molecule has 0 aliphatic carbocycles. The maximum Gasteiger partial charge on any atom is 0.253 e. The number of nitrogens with zero attached hydrogens (tertiary/aromatic N) is 2. The highest BCUT2D eigenvalue weighted by Crippen LogP contribution is 2.19. The third-order valence-electron chi connectivity index (χ3n) is 4.42. The Morgan fingerprint density at radius 3 is 2.13 bits per heavy atom. The third kappa shape index (κ3) is 7.29. The first-order valence-electron chi connectivity index (χ1n) is 9.75. The lowest BCUT2D eigenvalue weighted by Crippen LogP contribution is -2.44. The second-order valence-corrected chi connectivity index (χ2v) is 9.52. The van der Waals surface area contributed by atoms with Gasteiger partial charge >= 0.3 is 0 Å². The summed E-state index contributed by atoms with van der Waals surface area (Å²) in [5, 5.41) is 2.75. The van der Waals surface area contributed by atoms with E-state index in [-0.39, 0.29) is 25.1 Å². The van der Waals surface area contributed by atoms with Gasteiger partial charge in [0.1, 0.15) is 18.9 Å². The van der Waals surface area contributed by atoms with Gasteiger partial charge in [0, 0.05) is 19.7 Å². The predicted octanol–water partition coefficient (Wildman–Crippen LogP) is 2.05. The van der Waals surface area contributed by atoms with Gasteiger partial charge in [-0.05, 0) is 50.2 Å². The molecule has 0 aromatic heterocycles. The number of aryl methyl sites for hydroxylation is 1. The van der Waals surface area contributed by atoms with Gasteiger partial charge in [0.25, 0.3) is 5.91 Å². The molecule has 168 valence electrons. The lowest BCUT2D eigenvalue weighted by molar-refractivity contribution is -0.120. The Hall–Kier alpha value is -3.07. The van der Waals surface area contributed by atoms with Gasteiger partial charge in [-0.2, -0.15) is 0 Å². The molecule has 8 nitrogen and oxygen atoms in total. The van der Waals surface area contributed by atoms with Crippen molar-refractivity contribution in [1.29, 1.82) is 0 Å². The highest BCUT2D eigenvalue weighted by atomic mass is 32.2. The number of carbonyl (C=O) groups excluding carboxylic acids is 2. The van der Waals surface area contributed by atoms with Gasteiger partial charge < -0.3 is 15.0 Å². The van der Waals surface area contributed by atoms with E-state index in [9.17, 15) is 18.0 Å². The van der Waals surface area contributed by atoms with E-state index >= 15 is 0 Å². The quantitative estimate of drug-likeness (QED) is 0.635. The van der Waals surface area contributed by atoms with Crippen LogP contribution in [0.1, 0.15) is 22.8 Å². The minimum Gasteiger partial charge on any atom is -0.491 e. The fourth-order valence-corrected chi connectivity index (χ4v) is 3.63. The van der Waals surface area contributed by atoms with Crippen molar-refractivity contribution in [2.45, 2.75) is 19.9 Å². The summed E-state index contributed by atoms with van der Waals surface area (Å²) in [6.07, 6.45) is 1.03. The lowest BCUT2D eigenvalue weighted by atomic mass is 10.2. The van der Waals surface area contributed by atoms with Crippen molar-refractivity contribution in [2.75, 3.05) is 37.8 Å². The van der Waals surface area contributed by atoms with Crippen LogP contribution in [0.4, 0.5) is 5.69 Å². The summed E-state index contributed by atoms with van der Waals surface area (Å²) in [6.45, 7) is 3.62. The van der Waals surface area contributed by atoms with Gasteiger partial charge in [-0.3, -0.25) is 13.9 Å². The molecule has 1 unspecified atom stereocenters. The highest BCUT2D eigenvalue weighted by molar-refractivity contribution is 7.92. The molecule has 1 atom stereocenters. The topological polar surface area (TPSA) is 96.0 Å². The average Bonchev–Trinajstić information content (AvgIpc) is 2.70. The van der Waals surface area contributed by atoms with E-state index in [1.54, 1.807) is 21.0 Å². The van der Waals surface area contributed by atoms with Gasteiger partial charge in [-0.25, -0.2) is 8.42 Å². The van der Waals surface area contributed by atoms with Crippen molar-refractivity contribution in [3.8, 4) is 5.75 Å². The Bertz CT molecular complexity index is 1000. The predicted molar refractivity (Wildman–Crippen MR) is 121 cm³/mol. The van der Waals surface area contributed by atoms with E-state index in [2.05, 4.69) is 5.32 Å². The molecule has 0 bridgehead atoms. The second kappa shape index (κ2) is 10.3. The van der Waals surface area contributed by atoms with Crippen LogP contribution in [0.3, 0.4) is 0 Å². The zero-order valence-corrected chi connectivity index (χ0v) is 19.3. The Morgan fingerprint density at radius 2 is 1.61 bits per heavy atom. The highest BCUT2D eigenvalue weighted by Gasteiger charge is 2.22. The maximum atomic E-state index is 12.5. The van der Waals surface area contributed by atoms with Crippen LogP contribution in [0, 0.1) is 6.92 Å². The second-order valence-electron chi connectivity index (χ2n) is 7.61. The molecule has 0 aliphatic heterocycles. The third-order valence-corrected chi connectivity index (χ3v) is 5.56. The van der Waals surface area contributed by atoms with Gasteiger partial charge in [0.2, 0.25) is 15.9 Å². The van der Waals surface area contributed by atoms with Crippen molar-refractivity contribution in [2.24, 2.45) is 0 Å². The molecule has 0 fully saturated rings. The fourth-order valence-electron chi connectivity index (χ4n) is 2.78. The van der Waals surface area contributed by atoms with Crippen LogP contribution in [0.15, 0.2) is 48.5 Å². The van der Waals surface area contributed by atoms with Crippen molar-refractivity contribution >= 4 is 27.5 Å². The van der Waals surface area contributed by atoms with Crippen LogP contribution in [-0.2, 0) is 14.8 Å². The Balaban J connectivity index is 2.01. The van der Waals surface area contributed by atoms with Crippen LogP contribution in [0.2, 0.25) is 0 Å². The summed E-state index contributed by atoms with van der Waals surface area (Å²) in [5.74, 6) is 0.0355. The van der Waals surface area contributed by atoms with E-state index in [4.69, 9.17) is 4.74 Å². The summed E-state index contributed by atoms with van der Waals surface area (Å²) in [6, 6.07) is 13.3. The van der Waals surface area contributed by atoms with Crippen LogP contribution in [-0.4, -0.2) is 64.7 Å². The van der Waals surface area contributed by atoms with Gasteiger partial charge in [0.15, 0.2) is 0 Å². The molecule has 0 spiro atoms. The molecular weight excluding hydrogens is 418 g/mol. The first kappa shape index (κ1) is 24.2. The zero-order valence-electron chi connectivity index (χ0n) is 18.5. The summed E-state index contributed by atoms with van der Waals surface area (Å²) < 4.78 is 31.2. The Kier molecular flexibility index (Phi) is 8.04. The molecule has 1 N–H and O–H groups in total. The smallest absolute Gasteiger partial charge is 0.253 e. The normalized spacial score (nSPS) is 12.0. The SMILES string of the molecule is Cc1ccc(OCC(C)NC(=O)CN(c2ccc(C(=O)N(C)C)cc2)S(C)(=O)=O)cc1. The van der Waals surface area contributed by atoms with Crippen molar-refractivity contribution in [1.82, 2.24) is 10.2 Å². The van der Waals surface area contributed by atoms with Crippen molar-refractivity contribution < 1.29 is 22.7 Å². The summed E-state index contributed by atoms with van der Waals surface area (Å²) >= 11 is 0. The lowest BCUT2D eigenvalue weighted by Gasteiger charge is -2.23. The first-order valence-corrected chi connectivity index (χ1v) is 11.6. The van der Waals surface area contributed by atoms with E-state index < -0.39 is 15.9 Å². The minimum absolute atomic E-state index is 0.197. The Labute approximate surface area is 183 Å². The van der Waals surface area contributed by atoms with Crippen molar-refractivity contribution in [3.05, 3.63) is 59.7 Å². The van der Waals surface area contributed by atoms with E-state index in [1.165, 1.54) is 29.2 Å². The molecule has 2 amide bonds. The standard InChI is InChI=1S/C22H29N3O5S/c1-16-6-12-20(13-7-16)30-15-17(2)23-21(26)14-25(31(5,28)29)19-10-8-18(9-11-19)22(27)24(3)4/h6-13,17H,14-15H2,1-5H3,(H,23,26). The molecule has 2 rings (SSSR count). The molecule has 0 saturated carbocycles. The number of amides is 2. The fraction of sp³-hybridized carbons (Fsp3) is 0.364. The van der Waals surface area contributed by atoms with Crippen LogP contribution < -0.4 is 14.4 Å². The molecule has 2 aromatic rings. The van der Waals surface area contributed by atoms with E-state index in [0.29, 0.717) is 17.0 Å². The maximum absolute atomic E-state index is 12.5. The molecule has 31 heavy (non-hydrogen) atoms. The molecule has 2 aromatic carbocycles. The Morgan fingerprint density at radius 1 is 1.03 bits per heavy atom. The summed E-state index contributed by atoms with van der Waals surface area (Å²) in [5.41, 5.74) is 1.85. The number of sulfonamides is 1. The molecule has 0 heterocycles. The summed E-state index contributed by atoms with van der Waals surface area (Å²) in [4.78, 5) is 25.9. The number of anilines is 1. The largest absolute Gasteiger partial charge is 0.491 e. The molecule has 0 aliphatic rings. The minimum atomic E-state index is -3.71. The number of rotatable bonds is 9. The van der Waals surface area contributed by atoms with Crippen LogP contribution >= 0.6 is 0 Å². The van der Waals surface area contributed by atoms with Gasteiger partial charge in [-0.15, -0.1) is 0 Å². The number of carbonyl (C=O) groups is 2. The number of nitrogens with one attached hydrogen (secondary N) is 1. The number of benzene rings is 2. The number of hydrogen-bond acceptors (Lipinski definition) is 5. The first-order chi connectivity index (χ1) is 14.5. The average molecular weight is 448 g/mol. The molecule has 0 radical (unpaired) electrons. The summed E-state index contributed by atoms with van der Waals surface area (Å²) in [7, 11) is -0.448. The van der Waals surface area contributed by atoms with Gasteiger partial charge in [-0.1, -0.05) is 17.7 Å². The molecule has 0 saturated heterocycles. The number of ether oxygens (including phenoxy) is 1. The van der Waals surface area contributed by atoms with Crippen LogP contribution in [0.25, 0.3) is 0 Å². The van der Waals surface area contributed by atoms with E-state index in [0.717, 1.165) is 16.1 Å².